The lowest BCUT2D eigenvalue weighted by molar-refractivity contribution is -0.122. The topological polar surface area (TPSA) is 75.2 Å². The maximum absolute atomic E-state index is 12.9. The Bertz CT molecular complexity index is 1090. The summed E-state index contributed by atoms with van der Waals surface area (Å²) in [6.07, 6.45) is 1.52. The van der Waals surface area contributed by atoms with Crippen molar-refractivity contribution in [2.24, 2.45) is 0 Å². The zero-order chi connectivity index (χ0) is 18.3. The monoisotopic (exact) mass is 400 g/mol. The molecule has 128 valence electrons. The first-order chi connectivity index (χ1) is 12.5. The molecule has 1 aliphatic heterocycles. The molecule has 1 fully saturated rings. The van der Waals surface area contributed by atoms with Crippen LogP contribution in [0.2, 0.25) is 5.02 Å². The van der Waals surface area contributed by atoms with Crippen LogP contribution in [0.4, 0.5) is 5.69 Å². The molecule has 0 radical (unpaired) electrons. The molecular formula is C17H9ClN4O2S2. The number of nitrogens with one attached hydrogen (secondary N) is 1. The number of fused-ring (bicyclic) bond motifs is 1. The molecule has 3 aromatic rings. The van der Waals surface area contributed by atoms with Gasteiger partial charge in [0.05, 0.1) is 17.4 Å². The standard InChI is InChI=1S/C17H9ClN4O2S2/c18-10-2-4-11(5-3-10)22-16(24)12(15(23)19-17(22)25)7-9-1-6-13-14(8-9)21-26-20-13/h1-8H,(H,19,23,25)/b12-7+. The van der Waals surface area contributed by atoms with E-state index in [4.69, 9.17) is 23.8 Å². The fourth-order valence-corrected chi connectivity index (χ4v) is 3.46. The highest BCUT2D eigenvalue weighted by Gasteiger charge is 2.34. The van der Waals surface area contributed by atoms with Crippen LogP contribution in [0.3, 0.4) is 0 Å². The lowest BCUT2D eigenvalue weighted by atomic mass is 10.1. The molecule has 26 heavy (non-hydrogen) atoms. The van der Waals surface area contributed by atoms with Gasteiger partial charge in [0, 0.05) is 5.02 Å². The number of carbonyl (C=O) groups excluding carboxylic acids is 2. The number of hydrogen-bond donors (Lipinski definition) is 1. The minimum atomic E-state index is -0.540. The zero-order valence-corrected chi connectivity index (χ0v) is 15.4. The van der Waals surface area contributed by atoms with Crippen molar-refractivity contribution in [3.8, 4) is 0 Å². The summed E-state index contributed by atoms with van der Waals surface area (Å²) in [7, 11) is 0. The van der Waals surface area contributed by atoms with E-state index < -0.39 is 11.8 Å². The summed E-state index contributed by atoms with van der Waals surface area (Å²) >= 11 is 12.2. The molecule has 4 rings (SSSR count). The molecule has 0 aliphatic carbocycles. The molecule has 0 bridgehead atoms. The molecule has 2 aromatic carbocycles. The molecule has 0 unspecified atom stereocenters. The van der Waals surface area contributed by atoms with Gasteiger partial charge in [-0.2, -0.15) is 8.75 Å². The minimum absolute atomic E-state index is 0.0175. The predicted octanol–water partition coefficient (Wildman–Crippen LogP) is 3.18. The van der Waals surface area contributed by atoms with E-state index in [2.05, 4.69) is 14.1 Å². The lowest BCUT2D eigenvalue weighted by Gasteiger charge is -2.28. The average Bonchev–Trinajstić information content (AvgIpc) is 3.08. The fourth-order valence-electron chi connectivity index (χ4n) is 2.54. The Kier molecular flexibility index (Phi) is 4.23. The molecule has 2 amide bonds. The largest absolute Gasteiger partial charge is 0.298 e. The third kappa shape index (κ3) is 2.98. The lowest BCUT2D eigenvalue weighted by Crippen LogP contribution is -2.54. The highest BCUT2D eigenvalue weighted by Crippen LogP contribution is 2.24. The van der Waals surface area contributed by atoms with Crippen molar-refractivity contribution in [1.82, 2.24) is 14.1 Å². The quantitative estimate of drug-likeness (QED) is 0.406. The number of nitrogens with zero attached hydrogens (tertiary/aromatic N) is 3. The van der Waals surface area contributed by atoms with Gasteiger partial charge in [-0.05, 0) is 60.3 Å². The Balaban J connectivity index is 1.74. The molecule has 0 spiro atoms. The van der Waals surface area contributed by atoms with E-state index >= 15 is 0 Å². The van der Waals surface area contributed by atoms with Gasteiger partial charge in [-0.1, -0.05) is 17.7 Å². The number of rotatable bonds is 2. The number of hydrogen-bond acceptors (Lipinski definition) is 6. The van der Waals surface area contributed by atoms with Gasteiger partial charge in [0.1, 0.15) is 16.6 Å². The van der Waals surface area contributed by atoms with Crippen molar-refractivity contribution in [3.05, 3.63) is 58.6 Å². The number of amides is 2. The molecule has 2 heterocycles. The summed E-state index contributed by atoms with van der Waals surface area (Å²) in [5.74, 6) is -1.04. The number of benzene rings is 2. The molecule has 0 atom stereocenters. The average molecular weight is 401 g/mol. The van der Waals surface area contributed by atoms with Crippen LogP contribution in [-0.2, 0) is 9.59 Å². The highest BCUT2D eigenvalue weighted by atomic mass is 35.5. The summed E-state index contributed by atoms with van der Waals surface area (Å²) in [4.78, 5) is 26.5. The van der Waals surface area contributed by atoms with Gasteiger partial charge in [0.15, 0.2) is 5.11 Å². The molecule has 1 aromatic heterocycles. The van der Waals surface area contributed by atoms with Crippen molar-refractivity contribution in [2.45, 2.75) is 0 Å². The first kappa shape index (κ1) is 16.8. The summed E-state index contributed by atoms with van der Waals surface area (Å²) in [5, 5.41) is 3.11. The molecule has 0 saturated carbocycles. The van der Waals surface area contributed by atoms with Crippen molar-refractivity contribution >= 4 is 75.3 Å². The first-order valence-electron chi connectivity index (χ1n) is 7.42. The van der Waals surface area contributed by atoms with E-state index in [0.717, 1.165) is 17.2 Å². The smallest absolute Gasteiger partial charge is 0.270 e. The van der Waals surface area contributed by atoms with E-state index in [0.29, 0.717) is 21.8 Å². The third-order valence-electron chi connectivity index (χ3n) is 3.78. The predicted molar refractivity (Wildman–Crippen MR) is 105 cm³/mol. The summed E-state index contributed by atoms with van der Waals surface area (Å²) in [5.41, 5.74) is 2.65. The second-order valence-corrected chi connectivity index (χ2v) is 6.80. The number of halogens is 1. The summed E-state index contributed by atoms with van der Waals surface area (Å²) < 4.78 is 8.30. The van der Waals surface area contributed by atoms with E-state index in [9.17, 15) is 9.59 Å². The summed E-state index contributed by atoms with van der Waals surface area (Å²) in [6, 6.07) is 12.0. The highest BCUT2D eigenvalue weighted by molar-refractivity contribution is 7.80. The number of thiocarbonyl (C=S) groups is 1. The van der Waals surface area contributed by atoms with Crippen LogP contribution in [0.5, 0.6) is 0 Å². The van der Waals surface area contributed by atoms with E-state index in [-0.39, 0.29) is 10.7 Å². The van der Waals surface area contributed by atoms with Gasteiger partial charge in [-0.15, -0.1) is 0 Å². The van der Waals surface area contributed by atoms with Crippen molar-refractivity contribution in [2.75, 3.05) is 4.90 Å². The van der Waals surface area contributed by atoms with Gasteiger partial charge in [0.25, 0.3) is 11.8 Å². The van der Waals surface area contributed by atoms with Crippen LogP contribution >= 0.6 is 35.5 Å². The zero-order valence-electron chi connectivity index (χ0n) is 13.0. The van der Waals surface area contributed by atoms with Gasteiger partial charge in [-0.3, -0.25) is 19.8 Å². The van der Waals surface area contributed by atoms with Crippen LogP contribution in [-0.4, -0.2) is 25.7 Å². The Morgan fingerprint density at radius 3 is 2.58 bits per heavy atom. The molecule has 1 N–H and O–H groups in total. The number of carbonyl (C=O) groups is 2. The summed E-state index contributed by atoms with van der Waals surface area (Å²) in [6.45, 7) is 0. The Morgan fingerprint density at radius 2 is 1.81 bits per heavy atom. The van der Waals surface area contributed by atoms with Gasteiger partial charge in [-0.25, -0.2) is 0 Å². The molecule has 9 heteroatoms. The van der Waals surface area contributed by atoms with Crippen LogP contribution in [0.1, 0.15) is 5.56 Å². The molecule has 1 aliphatic rings. The molecular weight excluding hydrogens is 392 g/mol. The molecule has 6 nitrogen and oxygen atoms in total. The maximum Gasteiger partial charge on any atom is 0.270 e. The normalized spacial score (nSPS) is 16.4. The van der Waals surface area contributed by atoms with E-state index in [1.165, 1.54) is 11.0 Å². The minimum Gasteiger partial charge on any atom is -0.298 e. The Morgan fingerprint density at radius 1 is 1.08 bits per heavy atom. The first-order valence-corrected chi connectivity index (χ1v) is 8.94. The number of anilines is 1. The van der Waals surface area contributed by atoms with Gasteiger partial charge < -0.3 is 0 Å². The van der Waals surface area contributed by atoms with Gasteiger partial charge in [0.2, 0.25) is 0 Å². The second kappa shape index (κ2) is 6.56. The maximum atomic E-state index is 12.9. The van der Waals surface area contributed by atoms with Gasteiger partial charge >= 0.3 is 0 Å². The van der Waals surface area contributed by atoms with E-state index in [1.807, 2.05) is 0 Å². The third-order valence-corrected chi connectivity index (χ3v) is 4.87. The van der Waals surface area contributed by atoms with Crippen molar-refractivity contribution in [1.29, 1.82) is 0 Å². The molecule has 1 saturated heterocycles. The van der Waals surface area contributed by atoms with Crippen molar-refractivity contribution in [3.63, 3.8) is 0 Å². The van der Waals surface area contributed by atoms with Crippen LogP contribution in [0.15, 0.2) is 48.0 Å². The number of aromatic nitrogens is 2. The second-order valence-electron chi connectivity index (χ2n) is 5.45. The van der Waals surface area contributed by atoms with Crippen LogP contribution < -0.4 is 10.2 Å². The van der Waals surface area contributed by atoms with Crippen LogP contribution in [0, 0.1) is 0 Å². The Labute approximate surface area is 162 Å². The van der Waals surface area contributed by atoms with Crippen molar-refractivity contribution < 1.29 is 9.59 Å². The SMILES string of the molecule is O=C1NC(=S)N(c2ccc(Cl)cc2)C(=O)/C1=C/c1ccc2nsnc2c1. The fraction of sp³-hybridized carbons (Fsp3) is 0. The van der Waals surface area contributed by atoms with E-state index in [1.54, 1.807) is 42.5 Å². The Hall–Kier alpha value is -2.68. The van der Waals surface area contributed by atoms with Crippen LogP contribution in [0.25, 0.3) is 17.1 Å².